The monoisotopic (exact) mass is 265 g/mol. The summed E-state index contributed by atoms with van der Waals surface area (Å²) in [6.07, 6.45) is 0.806. The lowest BCUT2D eigenvalue weighted by Gasteiger charge is -2.15. The lowest BCUT2D eigenvalue weighted by Crippen LogP contribution is -2.33. The molecule has 1 heterocycles. The molecule has 0 aliphatic carbocycles. The minimum absolute atomic E-state index is 0.0871. The van der Waals surface area contributed by atoms with Crippen LogP contribution >= 0.6 is 0 Å². The zero-order chi connectivity index (χ0) is 12.7. The second-order valence-corrected chi connectivity index (χ2v) is 6.62. The first-order valence-corrected chi connectivity index (χ1v) is 7.99. The van der Waals surface area contributed by atoms with Crippen LogP contribution < -0.4 is 5.32 Å². The Kier molecular flexibility index (Phi) is 6.40. The third kappa shape index (κ3) is 6.35. The first-order valence-electron chi connectivity index (χ1n) is 6.16. The number of rotatable bonds is 8. The Labute approximate surface area is 104 Å². The van der Waals surface area contributed by atoms with Crippen molar-refractivity contribution in [2.24, 2.45) is 0 Å². The van der Waals surface area contributed by atoms with Crippen molar-refractivity contribution in [1.29, 1.82) is 0 Å². The predicted octanol–water partition coefficient (Wildman–Crippen LogP) is 0.205. The molecule has 5 nitrogen and oxygen atoms in total. The summed E-state index contributed by atoms with van der Waals surface area (Å²) >= 11 is 0. The normalized spacial score (nSPS) is 24.9. The average molecular weight is 265 g/mol. The van der Waals surface area contributed by atoms with Gasteiger partial charge in [0.1, 0.15) is 0 Å². The van der Waals surface area contributed by atoms with Gasteiger partial charge >= 0.3 is 0 Å². The number of sulfone groups is 1. The lowest BCUT2D eigenvalue weighted by molar-refractivity contribution is -0.00229. The summed E-state index contributed by atoms with van der Waals surface area (Å²) in [6, 6.07) is 0.103. The van der Waals surface area contributed by atoms with Gasteiger partial charge in [-0.05, 0) is 20.3 Å². The summed E-state index contributed by atoms with van der Waals surface area (Å²) in [5.74, 6) is 0.577. The first kappa shape index (κ1) is 14.9. The van der Waals surface area contributed by atoms with Crippen molar-refractivity contribution in [3.05, 3.63) is 0 Å². The van der Waals surface area contributed by atoms with E-state index < -0.39 is 9.84 Å². The molecule has 6 heteroatoms. The highest BCUT2D eigenvalue weighted by Crippen LogP contribution is 2.10. The Morgan fingerprint density at radius 1 is 1.47 bits per heavy atom. The molecule has 1 saturated heterocycles. The summed E-state index contributed by atoms with van der Waals surface area (Å²) in [4.78, 5) is 0. The number of hydrogen-bond acceptors (Lipinski definition) is 5. The SMILES string of the molecule is CCOCC(C)OCCNC1CCS(=O)(=O)C1. The second-order valence-electron chi connectivity index (χ2n) is 4.39. The van der Waals surface area contributed by atoms with Gasteiger partial charge < -0.3 is 14.8 Å². The van der Waals surface area contributed by atoms with Crippen molar-refractivity contribution >= 4 is 9.84 Å². The third-order valence-electron chi connectivity index (χ3n) is 2.73. The van der Waals surface area contributed by atoms with Gasteiger partial charge in [-0.3, -0.25) is 0 Å². The molecule has 0 spiro atoms. The van der Waals surface area contributed by atoms with Crippen LogP contribution in [-0.2, 0) is 19.3 Å². The molecular formula is C11H23NO4S. The summed E-state index contributed by atoms with van der Waals surface area (Å²) in [7, 11) is -2.78. The quantitative estimate of drug-likeness (QED) is 0.635. The molecular weight excluding hydrogens is 242 g/mol. The Hall–Kier alpha value is -0.170. The van der Waals surface area contributed by atoms with Gasteiger partial charge in [-0.2, -0.15) is 0 Å². The predicted molar refractivity (Wildman–Crippen MR) is 67.0 cm³/mol. The molecule has 1 fully saturated rings. The molecule has 1 aliphatic heterocycles. The van der Waals surface area contributed by atoms with E-state index in [4.69, 9.17) is 9.47 Å². The highest BCUT2D eigenvalue weighted by atomic mass is 32.2. The minimum atomic E-state index is -2.78. The van der Waals surface area contributed by atoms with E-state index in [0.29, 0.717) is 32.1 Å². The minimum Gasteiger partial charge on any atom is -0.379 e. The molecule has 102 valence electrons. The molecule has 0 aromatic rings. The van der Waals surface area contributed by atoms with E-state index in [-0.39, 0.29) is 17.9 Å². The fourth-order valence-electron chi connectivity index (χ4n) is 1.81. The summed E-state index contributed by atoms with van der Waals surface area (Å²) in [6.45, 7) is 6.51. The van der Waals surface area contributed by atoms with Crippen molar-refractivity contribution in [2.45, 2.75) is 32.4 Å². The average Bonchev–Trinajstić information content (AvgIpc) is 2.61. The number of ether oxygens (including phenoxy) is 2. The topological polar surface area (TPSA) is 64.6 Å². The Balaban J connectivity index is 2.01. The van der Waals surface area contributed by atoms with Gasteiger partial charge in [-0.25, -0.2) is 8.42 Å². The van der Waals surface area contributed by atoms with Crippen LogP contribution in [0.4, 0.5) is 0 Å². The number of nitrogens with one attached hydrogen (secondary N) is 1. The van der Waals surface area contributed by atoms with Crippen molar-refractivity contribution in [2.75, 3.05) is 37.9 Å². The van der Waals surface area contributed by atoms with Crippen molar-refractivity contribution in [1.82, 2.24) is 5.32 Å². The van der Waals surface area contributed by atoms with Crippen LogP contribution in [0.5, 0.6) is 0 Å². The molecule has 1 N–H and O–H groups in total. The fraction of sp³-hybridized carbons (Fsp3) is 1.00. The Morgan fingerprint density at radius 3 is 2.82 bits per heavy atom. The lowest BCUT2D eigenvalue weighted by atomic mass is 10.3. The molecule has 0 bridgehead atoms. The van der Waals surface area contributed by atoms with Gasteiger partial charge in [-0.15, -0.1) is 0 Å². The second kappa shape index (κ2) is 7.31. The van der Waals surface area contributed by atoms with Gasteiger partial charge in [0.2, 0.25) is 0 Å². The van der Waals surface area contributed by atoms with Gasteiger partial charge in [-0.1, -0.05) is 0 Å². The molecule has 2 unspecified atom stereocenters. The molecule has 0 saturated carbocycles. The fourth-order valence-corrected chi connectivity index (χ4v) is 3.52. The largest absolute Gasteiger partial charge is 0.379 e. The van der Waals surface area contributed by atoms with Gasteiger partial charge in [0, 0.05) is 19.2 Å². The molecule has 2 atom stereocenters. The van der Waals surface area contributed by atoms with Crippen LogP contribution in [-0.4, -0.2) is 58.4 Å². The standard InChI is InChI=1S/C11H23NO4S/c1-3-15-8-10(2)16-6-5-12-11-4-7-17(13,14)9-11/h10-12H,3-9H2,1-2H3. The van der Waals surface area contributed by atoms with Gasteiger partial charge in [0.15, 0.2) is 9.84 Å². The number of hydrogen-bond donors (Lipinski definition) is 1. The molecule has 0 radical (unpaired) electrons. The van der Waals surface area contributed by atoms with E-state index in [0.717, 1.165) is 6.42 Å². The van der Waals surface area contributed by atoms with E-state index >= 15 is 0 Å². The van der Waals surface area contributed by atoms with E-state index in [1.54, 1.807) is 0 Å². The Bertz CT molecular complexity index is 305. The van der Waals surface area contributed by atoms with Gasteiger partial charge in [0.05, 0.1) is 30.8 Å². The summed E-state index contributed by atoms with van der Waals surface area (Å²) in [5.41, 5.74) is 0. The van der Waals surface area contributed by atoms with E-state index in [2.05, 4.69) is 5.32 Å². The Morgan fingerprint density at radius 2 is 2.24 bits per heavy atom. The molecule has 1 aliphatic rings. The van der Waals surface area contributed by atoms with Crippen molar-refractivity contribution < 1.29 is 17.9 Å². The highest BCUT2D eigenvalue weighted by Gasteiger charge is 2.26. The maximum absolute atomic E-state index is 11.2. The van der Waals surface area contributed by atoms with Gasteiger partial charge in [0.25, 0.3) is 0 Å². The van der Waals surface area contributed by atoms with Crippen LogP contribution in [0.1, 0.15) is 20.3 Å². The van der Waals surface area contributed by atoms with E-state index in [1.165, 1.54) is 0 Å². The molecule has 0 aromatic carbocycles. The third-order valence-corrected chi connectivity index (χ3v) is 4.49. The van der Waals surface area contributed by atoms with Crippen LogP contribution in [0.15, 0.2) is 0 Å². The van der Waals surface area contributed by atoms with Crippen molar-refractivity contribution in [3.63, 3.8) is 0 Å². The van der Waals surface area contributed by atoms with Crippen LogP contribution in [0, 0.1) is 0 Å². The van der Waals surface area contributed by atoms with Crippen LogP contribution in [0.3, 0.4) is 0 Å². The maximum atomic E-state index is 11.2. The molecule has 1 rings (SSSR count). The first-order chi connectivity index (χ1) is 8.03. The smallest absolute Gasteiger partial charge is 0.151 e. The summed E-state index contributed by atoms with van der Waals surface area (Å²) < 4.78 is 33.2. The van der Waals surface area contributed by atoms with E-state index in [9.17, 15) is 8.42 Å². The maximum Gasteiger partial charge on any atom is 0.151 e. The highest BCUT2D eigenvalue weighted by molar-refractivity contribution is 7.91. The van der Waals surface area contributed by atoms with Crippen LogP contribution in [0.2, 0.25) is 0 Å². The zero-order valence-electron chi connectivity index (χ0n) is 10.6. The van der Waals surface area contributed by atoms with E-state index in [1.807, 2.05) is 13.8 Å². The summed E-state index contributed by atoms with van der Waals surface area (Å²) in [5, 5.41) is 3.20. The molecule has 0 aromatic heterocycles. The van der Waals surface area contributed by atoms with Crippen LogP contribution in [0.25, 0.3) is 0 Å². The van der Waals surface area contributed by atoms with Crippen molar-refractivity contribution in [3.8, 4) is 0 Å². The zero-order valence-corrected chi connectivity index (χ0v) is 11.5. The molecule has 17 heavy (non-hydrogen) atoms. The molecule has 0 amide bonds.